The minimum atomic E-state index is -0.555. The molecule has 0 aliphatic heterocycles. The number of amides is 2. The third-order valence-electron chi connectivity index (χ3n) is 4.90. The average Bonchev–Trinajstić information content (AvgIpc) is 3.29. The van der Waals surface area contributed by atoms with Crippen LogP contribution in [0.1, 0.15) is 26.4 Å². The molecule has 34 heavy (non-hydrogen) atoms. The van der Waals surface area contributed by atoms with Gasteiger partial charge in [0.1, 0.15) is 24.5 Å². The van der Waals surface area contributed by atoms with Gasteiger partial charge in [0.15, 0.2) is 0 Å². The van der Waals surface area contributed by atoms with E-state index < -0.39 is 11.9 Å². The van der Waals surface area contributed by atoms with E-state index in [-0.39, 0.29) is 19.1 Å². The number of aromatic nitrogens is 2. The van der Waals surface area contributed by atoms with Gasteiger partial charge in [0.2, 0.25) is 0 Å². The van der Waals surface area contributed by atoms with E-state index in [9.17, 15) is 14.4 Å². The average molecular weight is 458 g/mol. The predicted octanol–water partition coefficient (Wildman–Crippen LogP) is 3.07. The van der Waals surface area contributed by atoms with E-state index in [4.69, 9.17) is 4.74 Å². The van der Waals surface area contributed by atoms with Gasteiger partial charge < -0.3 is 24.5 Å². The highest BCUT2D eigenvalue weighted by Crippen LogP contribution is 2.18. The Balaban J connectivity index is 1.38. The van der Waals surface area contributed by atoms with E-state index in [0.717, 1.165) is 11.3 Å². The molecule has 0 fully saturated rings. The van der Waals surface area contributed by atoms with Gasteiger partial charge in [0.25, 0.3) is 11.8 Å². The van der Waals surface area contributed by atoms with Gasteiger partial charge >= 0.3 is 5.97 Å². The quantitative estimate of drug-likeness (QED) is 0.393. The summed E-state index contributed by atoms with van der Waals surface area (Å²) in [6.45, 7) is 0.0170. The Hall–Kier alpha value is -4.66. The Labute approximate surface area is 195 Å². The minimum Gasteiger partial charge on any atom is -0.487 e. The van der Waals surface area contributed by atoms with E-state index in [1.165, 1.54) is 13.2 Å². The number of carbonyl (C=O) groups is 3. The molecule has 2 N–H and O–H groups in total. The van der Waals surface area contributed by atoms with Gasteiger partial charge in [-0.15, -0.1) is 0 Å². The first-order chi connectivity index (χ1) is 16.5. The summed E-state index contributed by atoms with van der Waals surface area (Å²) in [5, 5.41) is 5.22. The molecule has 4 aromatic rings. The second-order valence-corrected chi connectivity index (χ2v) is 7.31. The molecule has 2 amide bonds. The number of hydrogen-bond donors (Lipinski definition) is 2. The Bertz CT molecular complexity index is 1310. The number of hydrogen-bond acceptors (Lipinski definition) is 6. The molecule has 0 aliphatic carbocycles. The van der Waals surface area contributed by atoms with Gasteiger partial charge in [0, 0.05) is 29.2 Å². The smallest absolute Gasteiger partial charge is 0.325 e. The summed E-state index contributed by atoms with van der Waals surface area (Å²) in [4.78, 5) is 40.7. The number of nitrogens with zero attached hydrogens (tertiary/aromatic N) is 2. The van der Waals surface area contributed by atoms with E-state index in [2.05, 4.69) is 20.4 Å². The Morgan fingerprint density at radius 2 is 1.74 bits per heavy atom. The molecule has 0 unspecified atom stereocenters. The van der Waals surface area contributed by atoms with Crippen LogP contribution in [0.25, 0.3) is 5.65 Å². The van der Waals surface area contributed by atoms with Crippen molar-refractivity contribution in [3.63, 3.8) is 0 Å². The fraction of sp³-hybridized carbons (Fsp3) is 0.120. The molecule has 9 heteroatoms. The van der Waals surface area contributed by atoms with Gasteiger partial charge in [-0.2, -0.15) is 0 Å². The maximum atomic E-state index is 12.7. The maximum absolute atomic E-state index is 12.7. The number of imidazole rings is 1. The monoisotopic (exact) mass is 458 g/mol. The lowest BCUT2D eigenvalue weighted by molar-refractivity contribution is -0.139. The maximum Gasteiger partial charge on any atom is 0.325 e. The molecule has 0 atom stereocenters. The zero-order valence-corrected chi connectivity index (χ0v) is 18.4. The van der Waals surface area contributed by atoms with Crippen LogP contribution in [-0.4, -0.2) is 40.8 Å². The minimum absolute atomic E-state index is 0.242. The Kier molecular flexibility index (Phi) is 6.83. The van der Waals surface area contributed by atoms with Crippen molar-refractivity contribution in [2.75, 3.05) is 19.0 Å². The number of fused-ring (bicyclic) bond motifs is 1. The molecule has 4 rings (SSSR count). The fourth-order valence-electron chi connectivity index (χ4n) is 3.21. The molecule has 172 valence electrons. The van der Waals surface area contributed by atoms with Crippen LogP contribution >= 0.6 is 0 Å². The highest BCUT2D eigenvalue weighted by atomic mass is 16.5. The van der Waals surface area contributed by atoms with Crippen LogP contribution in [0.4, 0.5) is 5.69 Å². The summed E-state index contributed by atoms with van der Waals surface area (Å²) in [5.74, 6) is -0.837. The summed E-state index contributed by atoms with van der Waals surface area (Å²) < 4.78 is 12.2. The van der Waals surface area contributed by atoms with Crippen LogP contribution in [0.5, 0.6) is 5.75 Å². The molecule has 0 spiro atoms. The molecule has 0 bridgehead atoms. The van der Waals surface area contributed by atoms with Crippen molar-refractivity contribution >= 4 is 29.1 Å². The zero-order valence-electron chi connectivity index (χ0n) is 18.4. The number of ether oxygens (including phenoxy) is 2. The van der Waals surface area contributed by atoms with Crippen molar-refractivity contribution in [3.8, 4) is 5.75 Å². The molecule has 2 aromatic carbocycles. The SMILES string of the molecule is COC(=O)CNC(=O)c1cccc(NC(=O)c2cccc(OCc3cn4ccccc4n3)c2)c1. The van der Waals surface area contributed by atoms with Crippen LogP contribution in [0.3, 0.4) is 0 Å². The molecule has 0 saturated heterocycles. The summed E-state index contributed by atoms with van der Waals surface area (Å²) in [6, 6.07) is 18.9. The number of nitrogens with one attached hydrogen (secondary N) is 2. The Morgan fingerprint density at radius 3 is 2.53 bits per heavy atom. The van der Waals surface area contributed by atoms with Gasteiger partial charge in [-0.3, -0.25) is 14.4 Å². The molecular weight excluding hydrogens is 436 g/mol. The number of esters is 1. The normalized spacial score (nSPS) is 10.5. The number of rotatable bonds is 8. The second-order valence-electron chi connectivity index (χ2n) is 7.31. The number of pyridine rings is 1. The fourth-order valence-corrected chi connectivity index (χ4v) is 3.21. The van der Waals surface area contributed by atoms with Crippen molar-refractivity contribution in [2.24, 2.45) is 0 Å². The molecule has 0 saturated carbocycles. The van der Waals surface area contributed by atoms with E-state index in [1.54, 1.807) is 42.5 Å². The molecule has 2 heterocycles. The molecular formula is C25H22N4O5. The van der Waals surface area contributed by atoms with Crippen LogP contribution in [0.15, 0.2) is 79.1 Å². The largest absolute Gasteiger partial charge is 0.487 e. The highest BCUT2D eigenvalue weighted by Gasteiger charge is 2.12. The van der Waals surface area contributed by atoms with Crippen LogP contribution in [-0.2, 0) is 16.1 Å². The summed E-state index contributed by atoms with van der Waals surface area (Å²) in [5.41, 5.74) is 2.73. The zero-order chi connectivity index (χ0) is 23.9. The van der Waals surface area contributed by atoms with Crippen molar-refractivity contribution < 1.29 is 23.9 Å². The third-order valence-corrected chi connectivity index (χ3v) is 4.90. The summed E-state index contributed by atoms with van der Waals surface area (Å²) in [6.07, 6.45) is 3.80. The van der Waals surface area contributed by atoms with E-state index in [0.29, 0.717) is 22.6 Å². The standard InChI is InChI=1S/C25H22N4O5/c1-33-23(30)14-26-24(31)17-6-4-8-19(12-17)28-25(32)18-7-5-9-21(13-18)34-16-20-15-29-11-3-2-10-22(29)27-20/h2-13,15H,14,16H2,1H3,(H,26,31)(H,28,32). The molecule has 9 nitrogen and oxygen atoms in total. The topological polar surface area (TPSA) is 111 Å². The van der Waals surface area contributed by atoms with Gasteiger partial charge in [-0.25, -0.2) is 4.98 Å². The van der Waals surface area contributed by atoms with Gasteiger partial charge in [-0.1, -0.05) is 18.2 Å². The number of benzene rings is 2. The lowest BCUT2D eigenvalue weighted by Gasteiger charge is -2.09. The Morgan fingerprint density at radius 1 is 0.941 bits per heavy atom. The van der Waals surface area contributed by atoms with Crippen molar-refractivity contribution in [1.82, 2.24) is 14.7 Å². The second kappa shape index (κ2) is 10.3. The van der Waals surface area contributed by atoms with Crippen molar-refractivity contribution in [1.29, 1.82) is 0 Å². The number of methoxy groups -OCH3 is 1. The van der Waals surface area contributed by atoms with Crippen LogP contribution in [0.2, 0.25) is 0 Å². The van der Waals surface area contributed by atoms with Crippen molar-refractivity contribution in [3.05, 3.63) is 95.9 Å². The van der Waals surface area contributed by atoms with Gasteiger partial charge in [-0.05, 0) is 48.5 Å². The van der Waals surface area contributed by atoms with E-state index in [1.807, 2.05) is 35.0 Å². The lowest BCUT2D eigenvalue weighted by Crippen LogP contribution is -2.30. The van der Waals surface area contributed by atoms with Crippen molar-refractivity contribution in [2.45, 2.75) is 6.61 Å². The number of anilines is 1. The first kappa shape index (κ1) is 22.5. The number of carbonyl (C=O) groups excluding carboxylic acids is 3. The summed E-state index contributed by atoms with van der Waals surface area (Å²) >= 11 is 0. The van der Waals surface area contributed by atoms with Crippen LogP contribution < -0.4 is 15.4 Å². The highest BCUT2D eigenvalue weighted by molar-refractivity contribution is 6.05. The third kappa shape index (κ3) is 5.57. The summed E-state index contributed by atoms with van der Waals surface area (Å²) in [7, 11) is 1.24. The molecule has 2 aromatic heterocycles. The van der Waals surface area contributed by atoms with Gasteiger partial charge in [0.05, 0.1) is 12.8 Å². The molecule has 0 aliphatic rings. The first-order valence-corrected chi connectivity index (χ1v) is 10.4. The van der Waals surface area contributed by atoms with Crippen LogP contribution in [0, 0.1) is 0 Å². The molecule has 0 radical (unpaired) electrons. The lowest BCUT2D eigenvalue weighted by atomic mass is 10.1. The van der Waals surface area contributed by atoms with E-state index >= 15 is 0 Å². The predicted molar refractivity (Wildman–Crippen MR) is 125 cm³/mol. The first-order valence-electron chi connectivity index (χ1n) is 10.4.